The Hall–Kier alpha value is 0.406. The molecule has 0 fully saturated rings. The predicted molar refractivity (Wildman–Crippen MR) is 66.3 cm³/mol. The summed E-state index contributed by atoms with van der Waals surface area (Å²) in [6.07, 6.45) is 0.955. The summed E-state index contributed by atoms with van der Waals surface area (Å²) in [6.45, 7) is 2.66. The molecular formula is C10H13KN2O2S. The molecule has 1 aromatic rings. The zero-order valence-corrected chi connectivity index (χ0v) is 9.21. The summed E-state index contributed by atoms with van der Waals surface area (Å²) in [4.78, 5) is 0. The van der Waals surface area contributed by atoms with Gasteiger partial charge in [0.2, 0.25) is 0 Å². The van der Waals surface area contributed by atoms with Crippen molar-refractivity contribution < 1.29 is 8.42 Å². The van der Waals surface area contributed by atoms with E-state index >= 15 is 0 Å². The second kappa shape index (κ2) is 4.26. The Labute approximate surface area is 138 Å². The summed E-state index contributed by atoms with van der Waals surface area (Å²) in [5, 5.41) is 0. The Balaban J connectivity index is 0.000000963. The second-order valence-corrected chi connectivity index (χ2v) is 5.86. The van der Waals surface area contributed by atoms with E-state index in [4.69, 9.17) is 0 Å². The summed E-state index contributed by atoms with van der Waals surface area (Å²) in [6, 6.07) is 5.72. The van der Waals surface area contributed by atoms with Crippen molar-refractivity contribution in [3.8, 4) is 0 Å². The molecule has 1 N–H and O–H groups in total. The van der Waals surface area contributed by atoms with E-state index in [0.717, 1.165) is 23.4 Å². The molecule has 82 valence electrons. The number of anilines is 2. The number of nitrogens with one attached hydrogen (secondary N) is 1. The maximum absolute atomic E-state index is 11.8. The van der Waals surface area contributed by atoms with Gasteiger partial charge in [-0.05, 0) is 24.0 Å². The maximum atomic E-state index is 11.8. The van der Waals surface area contributed by atoms with Gasteiger partial charge in [0.15, 0.2) is 0 Å². The standard InChI is InChI=1S/C10H12N2O2S.K.H/c1-7-5-8-3-2-4-9-10(8)12(6-7)15(13,14)11-9;;/h2-4,7,11H,5-6H2,1H3;;. The van der Waals surface area contributed by atoms with Gasteiger partial charge in [0.25, 0.3) is 0 Å². The molecule has 0 aliphatic carbocycles. The molecule has 0 radical (unpaired) electrons. The van der Waals surface area contributed by atoms with Crippen LogP contribution in [0.5, 0.6) is 0 Å². The molecule has 6 heteroatoms. The van der Waals surface area contributed by atoms with Crippen LogP contribution in [-0.4, -0.2) is 66.3 Å². The van der Waals surface area contributed by atoms with Gasteiger partial charge in [0.05, 0.1) is 11.4 Å². The minimum atomic E-state index is -3.32. The first-order chi connectivity index (χ1) is 7.08. The van der Waals surface area contributed by atoms with Gasteiger partial charge < -0.3 is 0 Å². The average molecular weight is 264 g/mol. The van der Waals surface area contributed by atoms with E-state index in [0.29, 0.717) is 12.5 Å². The van der Waals surface area contributed by atoms with Crippen LogP contribution < -0.4 is 9.03 Å². The number of nitrogens with zero attached hydrogens (tertiary/aromatic N) is 1. The van der Waals surface area contributed by atoms with Crippen molar-refractivity contribution >= 4 is 73.0 Å². The van der Waals surface area contributed by atoms with Gasteiger partial charge >= 0.3 is 61.6 Å². The molecule has 1 unspecified atom stereocenters. The first kappa shape index (κ1) is 12.9. The molecule has 16 heavy (non-hydrogen) atoms. The van der Waals surface area contributed by atoms with E-state index in [1.54, 1.807) is 0 Å². The normalized spacial score (nSPS) is 24.3. The van der Waals surface area contributed by atoms with Crippen LogP contribution in [0.4, 0.5) is 11.4 Å². The molecule has 2 heterocycles. The quantitative estimate of drug-likeness (QED) is 0.702. The van der Waals surface area contributed by atoms with Crippen molar-refractivity contribution in [3.63, 3.8) is 0 Å². The Morgan fingerprint density at radius 3 is 2.94 bits per heavy atom. The predicted octanol–water partition coefficient (Wildman–Crippen LogP) is 0.707. The average Bonchev–Trinajstić information content (AvgIpc) is 2.39. The molecule has 0 amide bonds. The van der Waals surface area contributed by atoms with Gasteiger partial charge in [-0.1, -0.05) is 19.1 Å². The van der Waals surface area contributed by atoms with Gasteiger partial charge in [0, 0.05) is 6.54 Å². The van der Waals surface area contributed by atoms with Crippen LogP contribution in [0.2, 0.25) is 0 Å². The summed E-state index contributed by atoms with van der Waals surface area (Å²) >= 11 is 0. The van der Waals surface area contributed by atoms with Gasteiger partial charge in [-0.3, -0.25) is 9.03 Å². The summed E-state index contributed by atoms with van der Waals surface area (Å²) in [7, 11) is -3.32. The molecule has 0 saturated heterocycles. The fourth-order valence-corrected chi connectivity index (χ4v) is 3.82. The van der Waals surface area contributed by atoms with Gasteiger partial charge in [-0.15, -0.1) is 0 Å². The number of para-hydroxylation sites is 1. The van der Waals surface area contributed by atoms with Crippen LogP contribution in [0.1, 0.15) is 12.5 Å². The minimum absolute atomic E-state index is 0. The molecule has 0 bridgehead atoms. The molecule has 2 aliphatic heterocycles. The third-order valence-electron chi connectivity index (χ3n) is 2.94. The topological polar surface area (TPSA) is 49.4 Å². The Kier molecular flexibility index (Phi) is 3.42. The van der Waals surface area contributed by atoms with Crippen LogP contribution >= 0.6 is 0 Å². The Morgan fingerprint density at radius 1 is 1.44 bits per heavy atom. The first-order valence-corrected chi connectivity index (χ1v) is 6.44. The number of hydrogen-bond acceptors (Lipinski definition) is 2. The summed E-state index contributed by atoms with van der Waals surface area (Å²) in [5.74, 6) is 0.377. The number of hydrogen-bond donors (Lipinski definition) is 1. The van der Waals surface area contributed by atoms with Crippen LogP contribution in [-0.2, 0) is 16.6 Å². The number of benzene rings is 1. The molecule has 0 saturated carbocycles. The zero-order chi connectivity index (χ0) is 10.6. The Morgan fingerprint density at radius 2 is 2.19 bits per heavy atom. The van der Waals surface area contributed by atoms with Crippen LogP contribution in [0.15, 0.2) is 18.2 Å². The Bertz CT molecular complexity index is 530. The van der Waals surface area contributed by atoms with Gasteiger partial charge in [-0.25, -0.2) is 0 Å². The molecule has 1 atom stereocenters. The molecule has 4 nitrogen and oxygen atoms in total. The van der Waals surface area contributed by atoms with Crippen molar-refractivity contribution in [1.29, 1.82) is 0 Å². The van der Waals surface area contributed by atoms with Crippen molar-refractivity contribution in [2.24, 2.45) is 5.92 Å². The van der Waals surface area contributed by atoms with E-state index in [2.05, 4.69) is 11.6 Å². The van der Waals surface area contributed by atoms with Crippen molar-refractivity contribution in [2.75, 3.05) is 15.6 Å². The van der Waals surface area contributed by atoms with E-state index in [1.165, 1.54) is 4.31 Å². The molecule has 0 aromatic heterocycles. The molecule has 3 rings (SSSR count). The van der Waals surface area contributed by atoms with E-state index in [-0.39, 0.29) is 51.4 Å². The van der Waals surface area contributed by atoms with Gasteiger partial charge in [0.1, 0.15) is 0 Å². The molecule has 0 spiro atoms. The van der Waals surface area contributed by atoms with Gasteiger partial charge in [-0.2, -0.15) is 8.42 Å². The third-order valence-corrected chi connectivity index (χ3v) is 4.33. The van der Waals surface area contributed by atoms with Crippen LogP contribution in [0.25, 0.3) is 0 Å². The zero-order valence-electron chi connectivity index (χ0n) is 8.40. The summed E-state index contributed by atoms with van der Waals surface area (Å²) < 4.78 is 27.7. The third kappa shape index (κ3) is 1.85. The van der Waals surface area contributed by atoms with Crippen LogP contribution in [0.3, 0.4) is 0 Å². The monoisotopic (exact) mass is 264 g/mol. The van der Waals surface area contributed by atoms with E-state index < -0.39 is 10.2 Å². The first-order valence-electron chi connectivity index (χ1n) is 5.00. The molecular weight excluding hydrogens is 251 g/mol. The fourth-order valence-electron chi connectivity index (χ4n) is 2.36. The number of rotatable bonds is 0. The summed E-state index contributed by atoms with van der Waals surface area (Å²) in [5.41, 5.74) is 2.70. The second-order valence-electron chi connectivity index (χ2n) is 4.26. The van der Waals surface area contributed by atoms with Crippen molar-refractivity contribution in [1.82, 2.24) is 0 Å². The van der Waals surface area contributed by atoms with Crippen LogP contribution in [0, 0.1) is 5.92 Å². The van der Waals surface area contributed by atoms with Crippen molar-refractivity contribution in [3.05, 3.63) is 23.8 Å². The molecule has 2 aliphatic rings. The van der Waals surface area contributed by atoms with E-state index in [9.17, 15) is 8.42 Å². The van der Waals surface area contributed by atoms with E-state index in [1.807, 2.05) is 18.2 Å². The SMILES string of the molecule is CC1Cc2cccc3c2N(C1)S(=O)(=O)N3.[KH]. The van der Waals surface area contributed by atoms with Crippen molar-refractivity contribution in [2.45, 2.75) is 13.3 Å². The molecule has 1 aromatic carbocycles. The fraction of sp³-hybridized carbons (Fsp3) is 0.400.